The summed E-state index contributed by atoms with van der Waals surface area (Å²) in [5.74, 6) is 1.11. The van der Waals surface area contributed by atoms with Crippen LogP contribution in [0.25, 0.3) is 0 Å². The molecule has 2 aromatic rings. The summed E-state index contributed by atoms with van der Waals surface area (Å²) in [7, 11) is 0. The molecule has 2 heterocycles. The summed E-state index contributed by atoms with van der Waals surface area (Å²) in [6.07, 6.45) is 2.06. The van der Waals surface area contributed by atoms with E-state index >= 15 is 0 Å². The van der Waals surface area contributed by atoms with E-state index in [1.54, 1.807) is 13.0 Å². The summed E-state index contributed by atoms with van der Waals surface area (Å²) in [5.41, 5.74) is 2.83. The molecule has 128 valence electrons. The number of hydrogen-bond acceptors (Lipinski definition) is 4. The van der Waals surface area contributed by atoms with Crippen LogP contribution in [-0.2, 0) is 13.0 Å². The Morgan fingerprint density at radius 1 is 1.38 bits per heavy atom. The van der Waals surface area contributed by atoms with Gasteiger partial charge in [0, 0.05) is 31.7 Å². The first-order valence-electron chi connectivity index (χ1n) is 8.44. The minimum absolute atomic E-state index is 0.251. The molecule has 0 fully saturated rings. The van der Waals surface area contributed by atoms with E-state index < -0.39 is 0 Å². The van der Waals surface area contributed by atoms with Crippen LogP contribution in [0, 0.1) is 6.92 Å². The Hall–Kier alpha value is -2.34. The molecular weight excluding hydrogens is 304 g/mol. The molecule has 0 saturated heterocycles. The number of rotatable bonds is 5. The van der Waals surface area contributed by atoms with Crippen molar-refractivity contribution in [1.82, 2.24) is 15.4 Å². The van der Waals surface area contributed by atoms with E-state index in [0.29, 0.717) is 24.2 Å². The van der Waals surface area contributed by atoms with Crippen molar-refractivity contribution < 1.29 is 9.32 Å². The van der Waals surface area contributed by atoms with Crippen LogP contribution in [0.4, 0.5) is 10.6 Å². The number of carbonyl (C=O) groups excluding carboxylic acids is 1. The van der Waals surface area contributed by atoms with Gasteiger partial charge in [-0.1, -0.05) is 36.3 Å². The van der Waals surface area contributed by atoms with Gasteiger partial charge in [-0.05, 0) is 30.9 Å². The van der Waals surface area contributed by atoms with Crippen molar-refractivity contribution in [2.45, 2.75) is 39.3 Å². The quantitative estimate of drug-likeness (QED) is 0.885. The predicted octanol–water partition coefficient (Wildman–Crippen LogP) is 2.94. The van der Waals surface area contributed by atoms with Crippen LogP contribution in [-0.4, -0.2) is 35.2 Å². The zero-order valence-corrected chi connectivity index (χ0v) is 14.2. The van der Waals surface area contributed by atoms with Gasteiger partial charge in [0.1, 0.15) is 5.76 Å². The van der Waals surface area contributed by atoms with Crippen LogP contribution in [0.5, 0.6) is 0 Å². The minimum Gasteiger partial charge on any atom is -0.360 e. The fraction of sp³-hybridized carbons (Fsp3) is 0.444. The number of anilines is 1. The van der Waals surface area contributed by atoms with Gasteiger partial charge in [-0.3, -0.25) is 10.2 Å². The molecule has 1 aromatic carbocycles. The van der Waals surface area contributed by atoms with Gasteiger partial charge in [0.2, 0.25) is 0 Å². The third-order valence-electron chi connectivity index (χ3n) is 4.52. The van der Waals surface area contributed by atoms with E-state index in [1.165, 1.54) is 11.1 Å². The van der Waals surface area contributed by atoms with Crippen LogP contribution in [0.15, 0.2) is 34.9 Å². The van der Waals surface area contributed by atoms with Crippen molar-refractivity contribution in [1.29, 1.82) is 0 Å². The standard InChI is InChI=1S/C18H24N4O2/c1-3-16(11-19-18(23)20-17-10-13(2)24-21-17)22-9-8-14-6-4-5-7-15(14)12-22/h4-7,10,16H,3,8-9,11-12H2,1-2H3,(H2,19,20,21,23)/t16-/m0/s1. The van der Waals surface area contributed by atoms with E-state index in [1.807, 2.05) is 0 Å². The fourth-order valence-corrected chi connectivity index (χ4v) is 3.16. The average Bonchev–Trinajstić information content (AvgIpc) is 3.00. The molecule has 1 aromatic heterocycles. The number of hydrogen-bond donors (Lipinski definition) is 2. The first-order valence-corrected chi connectivity index (χ1v) is 8.44. The maximum atomic E-state index is 12.0. The summed E-state index contributed by atoms with van der Waals surface area (Å²) < 4.78 is 4.94. The van der Waals surface area contributed by atoms with E-state index in [4.69, 9.17) is 4.52 Å². The monoisotopic (exact) mass is 328 g/mol. The molecule has 0 radical (unpaired) electrons. The largest absolute Gasteiger partial charge is 0.360 e. The molecule has 6 heteroatoms. The lowest BCUT2D eigenvalue weighted by atomic mass is 9.98. The van der Waals surface area contributed by atoms with E-state index in [2.05, 4.69) is 51.9 Å². The van der Waals surface area contributed by atoms with Gasteiger partial charge in [0.25, 0.3) is 0 Å². The smallest absolute Gasteiger partial charge is 0.320 e. The summed E-state index contributed by atoms with van der Waals surface area (Å²) >= 11 is 0. The maximum absolute atomic E-state index is 12.0. The molecule has 3 rings (SSSR count). The Morgan fingerprint density at radius 2 is 2.17 bits per heavy atom. The molecule has 0 bridgehead atoms. The van der Waals surface area contributed by atoms with E-state index in [9.17, 15) is 4.79 Å². The average molecular weight is 328 g/mol. The van der Waals surface area contributed by atoms with Crippen molar-refractivity contribution in [3.05, 3.63) is 47.2 Å². The van der Waals surface area contributed by atoms with Crippen molar-refractivity contribution in [3.8, 4) is 0 Å². The Balaban J connectivity index is 1.52. The van der Waals surface area contributed by atoms with Gasteiger partial charge >= 0.3 is 6.03 Å². The summed E-state index contributed by atoms with van der Waals surface area (Å²) in [4.78, 5) is 14.4. The van der Waals surface area contributed by atoms with Gasteiger partial charge in [0.05, 0.1) is 0 Å². The first kappa shape index (κ1) is 16.5. The van der Waals surface area contributed by atoms with Crippen LogP contribution in [0.2, 0.25) is 0 Å². The molecule has 24 heavy (non-hydrogen) atoms. The normalized spacial score (nSPS) is 15.6. The number of amides is 2. The van der Waals surface area contributed by atoms with Crippen LogP contribution < -0.4 is 10.6 Å². The zero-order chi connectivity index (χ0) is 16.9. The Morgan fingerprint density at radius 3 is 2.88 bits per heavy atom. The number of benzene rings is 1. The highest BCUT2D eigenvalue weighted by atomic mass is 16.5. The number of aryl methyl sites for hydroxylation is 1. The van der Waals surface area contributed by atoms with Crippen LogP contribution in [0.1, 0.15) is 30.2 Å². The number of fused-ring (bicyclic) bond motifs is 1. The lowest BCUT2D eigenvalue weighted by molar-refractivity contribution is 0.170. The van der Waals surface area contributed by atoms with E-state index in [0.717, 1.165) is 25.9 Å². The molecule has 0 aliphatic carbocycles. The highest BCUT2D eigenvalue weighted by molar-refractivity contribution is 5.88. The number of nitrogens with one attached hydrogen (secondary N) is 2. The summed E-state index contributed by atoms with van der Waals surface area (Å²) in [6.45, 7) is 6.53. The molecule has 0 saturated carbocycles. The van der Waals surface area contributed by atoms with Gasteiger partial charge in [0.15, 0.2) is 5.82 Å². The Labute approximate surface area is 142 Å². The zero-order valence-electron chi connectivity index (χ0n) is 14.2. The molecule has 2 amide bonds. The Bertz CT molecular complexity index is 698. The highest BCUT2D eigenvalue weighted by Crippen LogP contribution is 2.21. The third-order valence-corrected chi connectivity index (χ3v) is 4.52. The summed E-state index contributed by atoms with van der Waals surface area (Å²) in [6, 6.07) is 10.4. The van der Waals surface area contributed by atoms with Crippen molar-refractivity contribution >= 4 is 11.8 Å². The second kappa shape index (κ2) is 7.49. The van der Waals surface area contributed by atoms with Gasteiger partial charge in [-0.15, -0.1) is 0 Å². The third kappa shape index (κ3) is 3.94. The molecule has 1 aliphatic heterocycles. The lowest BCUT2D eigenvalue weighted by Gasteiger charge is -2.35. The van der Waals surface area contributed by atoms with E-state index in [-0.39, 0.29) is 6.03 Å². The first-order chi connectivity index (χ1) is 11.7. The van der Waals surface area contributed by atoms with Gasteiger partial charge in [-0.25, -0.2) is 4.79 Å². The van der Waals surface area contributed by atoms with Gasteiger partial charge < -0.3 is 9.84 Å². The fourth-order valence-electron chi connectivity index (χ4n) is 3.16. The predicted molar refractivity (Wildman–Crippen MR) is 92.9 cm³/mol. The van der Waals surface area contributed by atoms with Crippen LogP contribution in [0.3, 0.4) is 0 Å². The van der Waals surface area contributed by atoms with Crippen molar-refractivity contribution in [3.63, 3.8) is 0 Å². The number of carbonyl (C=O) groups is 1. The molecule has 2 N–H and O–H groups in total. The Kier molecular flexibility index (Phi) is 5.15. The lowest BCUT2D eigenvalue weighted by Crippen LogP contribution is -2.46. The molecule has 0 unspecified atom stereocenters. The molecule has 1 atom stereocenters. The maximum Gasteiger partial charge on any atom is 0.320 e. The second-order valence-electron chi connectivity index (χ2n) is 6.21. The number of aromatic nitrogens is 1. The van der Waals surface area contributed by atoms with Crippen molar-refractivity contribution in [2.24, 2.45) is 0 Å². The highest BCUT2D eigenvalue weighted by Gasteiger charge is 2.22. The molecule has 0 spiro atoms. The topological polar surface area (TPSA) is 70.4 Å². The number of urea groups is 1. The molecule has 1 aliphatic rings. The number of nitrogens with zero attached hydrogens (tertiary/aromatic N) is 2. The SMILES string of the molecule is CC[C@@H](CNC(=O)Nc1cc(C)on1)N1CCc2ccccc2C1. The minimum atomic E-state index is -0.251. The molecular formula is C18H24N4O2. The van der Waals surface area contributed by atoms with Gasteiger partial charge in [-0.2, -0.15) is 0 Å². The van der Waals surface area contributed by atoms with Crippen LogP contribution >= 0.6 is 0 Å². The van der Waals surface area contributed by atoms with Crippen molar-refractivity contribution in [2.75, 3.05) is 18.4 Å². The molecule has 6 nitrogen and oxygen atoms in total. The summed E-state index contributed by atoms with van der Waals surface area (Å²) in [5, 5.41) is 9.39. The second-order valence-corrected chi connectivity index (χ2v) is 6.21.